The molecule has 3 rings (SSSR count). The smallest absolute Gasteiger partial charge is 0.272 e. The summed E-state index contributed by atoms with van der Waals surface area (Å²) in [5, 5.41) is 6.69. The lowest BCUT2D eigenvalue weighted by Gasteiger charge is -2.19. The van der Waals surface area contributed by atoms with E-state index in [1.54, 1.807) is 18.2 Å². The van der Waals surface area contributed by atoms with E-state index in [-0.39, 0.29) is 16.0 Å². The molecule has 1 heterocycles. The molecule has 0 radical (unpaired) electrons. The predicted molar refractivity (Wildman–Crippen MR) is 125 cm³/mol. The minimum atomic E-state index is -3.92. The molecule has 3 aromatic rings. The lowest BCUT2D eigenvalue weighted by atomic mass is 9.87. The summed E-state index contributed by atoms with van der Waals surface area (Å²) in [4.78, 5) is 24.7. The van der Waals surface area contributed by atoms with Gasteiger partial charge in [-0.25, -0.2) is 8.42 Å². The Morgan fingerprint density at radius 2 is 1.61 bits per heavy atom. The van der Waals surface area contributed by atoms with Crippen LogP contribution in [0.15, 0.2) is 65.6 Å². The van der Waals surface area contributed by atoms with Crippen molar-refractivity contribution in [1.82, 2.24) is 25.8 Å². The third kappa shape index (κ3) is 6.05. The average molecular weight is 470 g/mol. The molecule has 0 aliphatic carbocycles. The summed E-state index contributed by atoms with van der Waals surface area (Å²) in [5.41, 5.74) is 6.89. The molecule has 9 nitrogen and oxygen atoms in total. The topological polar surface area (TPSA) is 133 Å². The van der Waals surface area contributed by atoms with Gasteiger partial charge in [-0.3, -0.25) is 25.5 Å². The van der Waals surface area contributed by atoms with Crippen molar-refractivity contribution < 1.29 is 18.0 Å². The second kappa shape index (κ2) is 9.55. The monoisotopic (exact) mass is 469 g/mol. The molecule has 4 N–H and O–H groups in total. The summed E-state index contributed by atoms with van der Waals surface area (Å²) in [6, 6.07) is 16.2. The van der Waals surface area contributed by atoms with Crippen molar-refractivity contribution in [2.75, 3.05) is 0 Å². The summed E-state index contributed by atoms with van der Waals surface area (Å²) in [5.74, 6) is -1.34. The molecule has 0 bridgehead atoms. The number of rotatable bonds is 6. The number of benzene rings is 2. The van der Waals surface area contributed by atoms with Gasteiger partial charge >= 0.3 is 0 Å². The first-order valence-corrected chi connectivity index (χ1v) is 11.8. The quantitative estimate of drug-likeness (QED) is 0.412. The van der Waals surface area contributed by atoms with Crippen LogP contribution in [0.4, 0.5) is 0 Å². The van der Waals surface area contributed by atoms with Crippen molar-refractivity contribution in [3.63, 3.8) is 0 Å². The molecule has 10 heteroatoms. The Morgan fingerprint density at radius 3 is 2.21 bits per heavy atom. The summed E-state index contributed by atoms with van der Waals surface area (Å²) in [7, 11) is -3.92. The number of carbonyl (C=O) groups is 2. The van der Waals surface area contributed by atoms with Gasteiger partial charge < -0.3 is 0 Å². The number of aromatic nitrogens is 2. The largest absolute Gasteiger partial charge is 0.287 e. The molecule has 0 aliphatic rings. The zero-order chi connectivity index (χ0) is 24.2. The lowest BCUT2D eigenvalue weighted by molar-refractivity contribution is -0.123. The van der Waals surface area contributed by atoms with E-state index in [1.165, 1.54) is 19.1 Å². The van der Waals surface area contributed by atoms with Gasteiger partial charge in [0.2, 0.25) is 10.0 Å². The van der Waals surface area contributed by atoms with Gasteiger partial charge in [0.05, 0.1) is 16.6 Å². The Bertz CT molecular complexity index is 1230. The van der Waals surface area contributed by atoms with E-state index in [2.05, 4.69) is 25.8 Å². The number of aromatic amines is 1. The Kier molecular flexibility index (Phi) is 6.99. The van der Waals surface area contributed by atoms with E-state index in [4.69, 9.17) is 0 Å². The second-order valence-electron chi connectivity index (χ2n) is 8.59. The molecule has 2 amide bonds. The number of H-pyrrole nitrogens is 1. The van der Waals surface area contributed by atoms with Crippen LogP contribution in [-0.2, 0) is 20.2 Å². The van der Waals surface area contributed by atoms with Crippen LogP contribution in [0.3, 0.4) is 0 Å². The molecule has 0 fully saturated rings. The maximum Gasteiger partial charge on any atom is 0.287 e. The minimum Gasteiger partial charge on any atom is -0.272 e. The summed E-state index contributed by atoms with van der Waals surface area (Å²) >= 11 is 0. The number of nitrogens with one attached hydrogen (secondary N) is 4. The molecule has 1 atom stereocenters. The maximum absolute atomic E-state index is 12.6. The van der Waals surface area contributed by atoms with Crippen molar-refractivity contribution in [2.45, 2.75) is 44.0 Å². The lowest BCUT2D eigenvalue weighted by Crippen LogP contribution is -2.51. The van der Waals surface area contributed by atoms with Gasteiger partial charge in [0, 0.05) is 5.56 Å². The molecule has 2 aromatic carbocycles. The van der Waals surface area contributed by atoms with Gasteiger partial charge in [0.25, 0.3) is 11.8 Å². The van der Waals surface area contributed by atoms with Gasteiger partial charge in [0.15, 0.2) is 0 Å². The number of hydrogen-bond donors (Lipinski definition) is 4. The zero-order valence-corrected chi connectivity index (χ0v) is 19.7. The maximum atomic E-state index is 12.6. The van der Waals surface area contributed by atoms with Crippen LogP contribution in [0.2, 0.25) is 0 Å². The molecule has 174 valence electrons. The van der Waals surface area contributed by atoms with Crippen LogP contribution >= 0.6 is 0 Å². The fourth-order valence-corrected chi connectivity index (χ4v) is 4.18. The van der Waals surface area contributed by atoms with Gasteiger partial charge in [0.1, 0.15) is 5.69 Å². The first-order valence-electron chi connectivity index (χ1n) is 10.3. The molecule has 0 saturated heterocycles. The highest BCUT2D eigenvalue weighted by atomic mass is 32.2. The number of sulfonamides is 1. The molecule has 0 unspecified atom stereocenters. The number of hydrazine groups is 1. The normalized spacial score (nSPS) is 12.7. The highest BCUT2D eigenvalue weighted by Crippen LogP contribution is 2.23. The van der Waals surface area contributed by atoms with Gasteiger partial charge in [-0.05, 0) is 36.1 Å². The third-order valence-electron chi connectivity index (χ3n) is 4.95. The molecule has 33 heavy (non-hydrogen) atoms. The summed E-state index contributed by atoms with van der Waals surface area (Å²) in [6.45, 7) is 7.47. The highest BCUT2D eigenvalue weighted by molar-refractivity contribution is 7.89. The molecule has 1 aromatic heterocycles. The number of amides is 2. The molecular formula is C23H27N5O4S. The summed E-state index contributed by atoms with van der Waals surface area (Å²) < 4.78 is 27.5. The van der Waals surface area contributed by atoms with E-state index in [0.717, 1.165) is 11.1 Å². The highest BCUT2D eigenvalue weighted by Gasteiger charge is 2.23. The van der Waals surface area contributed by atoms with Crippen LogP contribution in [-0.4, -0.2) is 36.5 Å². The van der Waals surface area contributed by atoms with Crippen molar-refractivity contribution in [3.05, 3.63) is 71.9 Å². The Balaban J connectivity index is 1.57. The van der Waals surface area contributed by atoms with E-state index < -0.39 is 27.9 Å². The van der Waals surface area contributed by atoms with Gasteiger partial charge in [-0.2, -0.15) is 9.82 Å². The van der Waals surface area contributed by atoms with Crippen molar-refractivity contribution in [2.24, 2.45) is 0 Å². The first-order chi connectivity index (χ1) is 15.5. The zero-order valence-electron chi connectivity index (χ0n) is 18.8. The fraction of sp³-hybridized carbons (Fsp3) is 0.261. The third-order valence-corrected chi connectivity index (χ3v) is 6.50. The minimum absolute atomic E-state index is 0.0464. The Morgan fingerprint density at radius 1 is 0.970 bits per heavy atom. The predicted octanol–water partition coefficient (Wildman–Crippen LogP) is 2.50. The molecular weight excluding hydrogens is 442 g/mol. The molecule has 0 saturated carbocycles. The average Bonchev–Trinajstić information content (AvgIpc) is 3.27. The van der Waals surface area contributed by atoms with Crippen molar-refractivity contribution in [3.8, 4) is 11.3 Å². The van der Waals surface area contributed by atoms with Crippen molar-refractivity contribution >= 4 is 21.8 Å². The number of hydrogen-bond acceptors (Lipinski definition) is 5. The van der Waals surface area contributed by atoms with Crippen LogP contribution in [0, 0.1) is 0 Å². The van der Waals surface area contributed by atoms with Crippen LogP contribution < -0.4 is 15.6 Å². The fourth-order valence-electron chi connectivity index (χ4n) is 2.98. The Hall–Kier alpha value is -3.50. The number of carbonyl (C=O) groups excluding carboxylic acids is 2. The Labute approximate surface area is 193 Å². The van der Waals surface area contributed by atoms with Crippen LogP contribution in [0.1, 0.15) is 43.7 Å². The van der Waals surface area contributed by atoms with E-state index >= 15 is 0 Å². The van der Waals surface area contributed by atoms with E-state index in [9.17, 15) is 18.0 Å². The van der Waals surface area contributed by atoms with Gasteiger partial charge in [-0.1, -0.05) is 63.2 Å². The summed E-state index contributed by atoms with van der Waals surface area (Å²) in [6.07, 6.45) is 0. The number of nitrogens with zero attached hydrogens (tertiary/aromatic N) is 1. The van der Waals surface area contributed by atoms with Crippen molar-refractivity contribution in [1.29, 1.82) is 0 Å². The molecule has 0 spiro atoms. The molecule has 0 aliphatic heterocycles. The standard InChI is InChI=1S/C23H27N5O4S/c1-15(28-33(31,32)18-12-10-17(11-13-18)23(2,3)4)21(29)26-27-22(30)20-14-19(24-25-20)16-8-6-5-7-9-16/h5-15,28H,1-4H3,(H,24,25)(H,26,29)(H,27,30)/t15-/m1/s1. The second-order valence-corrected chi connectivity index (χ2v) is 10.3. The van der Waals surface area contributed by atoms with E-state index in [1.807, 2.05) is 51.1 Å². The van der Waals surface area contributed by atoms with Crippen LogP contribution in [0.5, 0.6) is 0 Å². The van der Waals surface area contributed by atoms with Gasteiger partial charge in [-0.15, -0.1) is 0 Å². The first kappa shape index (κ1) is 24.1. The van der Waals surface area contributed by atoms with Crippen LogP contribution in [0.25, 0.3) is 11.3 Å². The van der Waals surface area contributed by atoms with E-state index in [0.29, 0.717) is 5.69 Å². The SMILES string of the molecule is C[C@@H](NS(=O)(=O)c1ccc(C(C)(C)C)cc1)C(=O)NNC(=O)c1cc(-c2ccccc2)n[nH]1.